The Morgan fingerprint density at radius 2 is 1.87 bits per heavy atom. The number of aromatic amines is 1. The number of nitrogens with zero attached hydrogens (tertiary/aromatic N) is 4. The van der Waals surface area contributed by atoms with Gasteiger partial charge < -0.3 is 19.9 Å². The van der Waals surface area contributed by atoms with Crippen LogP contribution in [0.5, 0.6) is 5.75 Å². The maximum absolute atomic E-state index is 10.5. The molecule has 4 aromatic rings. The molecule has 1 spiro atoms. The van der Waals surface area contributed by atoms with E-state index in [1.165, 1.54) is 18.8 Å². The number of likely N-dealkylation sites (tertiary alicyclic amines) is 1. The monoisotopic (exact) mass is 431 g/mol. The second kappa shape index (κ2) is 6.70. The fourth-order valence-electron chi connectivity index (χ4n) is 5.06. The van der Waals surface area contributed by atoms with E-state index < -0.39 is 0 Å². The molecule has 2 aliphatic heterocycles. The number of halogens is 1. The number of hydrogen-bond acceptors (Lipinski definition) is 5. The number of phenolic OH excluding ortho intramolecular Hbond substituents is 1. The number of fused-ring (bicyclic) bond motifs is 1. The molecule has 2 saturated heterocycles. The molecule has 0 atom stereocenters. The number of hydrogen-bond donors (Lipinski definition) is 2. The van der Waals surface area contributed by atoms with Crippen LogP contribution < -0.4 is 4.90 Å². The van der Waals surface area contributed by atoms with Crippen LogP contribution in [0.1, 0.15) is 0 Å². The van der Waals surface area contributed by atoms with E-state index in [0.29, 0.717) is 22.0 Å². The summed E-state index contributed by atoms with van der Waals surface area (Å²) in [5, 5.41) is 10.9. The first-order chi connectivity index (χ1) is 15.0. The SMILES string of the molecule is CN1CC2(C1)CN(c1ccc3[nH]c(-c4cc(-c5cccnc5Cl)ccc4O)nc3c1)C2. The van der Waals surface area contributed by atoms with Gasteiger partial charge in [-0.3, -0.25) is 0 Å². The zero-order chi connectivity index (χ0) is 21.2. The molecule has 6 rings (SSSR count). The molecule has 2 fully saturated rings. The summed E-state index contributed by atoms with van der Waals surface area (Å²) >= 11 is 6.27. The Kier molecular flexibility index (Phi) is 4.04. The first-order valence-corrected chi connectivity index (χ1v) is 10.8. The molecule has 0 saturated carbocycles. The van der Waals surface area contributed by atoms with Crippen molar-refractivity contribution in [3.8, 4) is 28.3 Å². The summed E-state index contributed by atoms with van der Waals surface area (Å²) in [6.07, 6.45) is 1.66. The number of pyridine rings is 1. The summed E-state index contributed by atoms with van der Waals surface area (Å²) in [6.45, 7) is 4.59. The quantitative estimate of drug-likeness (QED) is 0.470. The summed E-state index contributed by atoms with van der Waals surface area (Å²) < 4.78 is 0. The maximum atomic E-state index is 10.5. The Morgan fingerprint density at radius 3 is 2.65 bits per heavy atom. The number of phenols is 1. The molecule has 0 unspecified atom stereocenters. The molecular formula is C24H22ClN5O. The van der Waals surface area contributed by atoms with Gasteiger partial charge in [-0.1, -0.05) is 17.7 Å². The molecule has 2 aliphatic rings. The second-order valence-electron chi connectivity index (χ2n) is 8.89. The van der Waals surface area contributed by atoms with Gasteiger partial charge in [-0.15, -0.1) is 0 Å². The lowest BCUT2D eigenvalue weighted by Gasteiger charge is -2.60. The highest BCUT2D eigenvalue weighted by Gasteiger charge is 2.50. The third-order valence-electron chi connectivity index (χ3n) is 6.42. The molecule has 0 aliphatic carbocycles. The molecule has 2 aromatic heterocycles. The summed E-state index contributed by atoms with van der Waals surface area (Å²) in [7, 11) is 2.18. The van der Waals surface area contributed by atoms with Crippen molar-refractivity contribution in [3.05, 3.63) is 59.9 Å². The Hall–Kier alpha value is -3.09. The van der Waals surface area contributed by atoms with Crippen molar-refractivity contribution in [1.29, 1.82) is 0 Å². The number of rotatable bonds is 3. The third-order valence-corrected chi connectivity index (χ3v) is 6.72. The number of nitrogens with one attached hydrogen (secondary N) is 1. The maximum Gasteiger partial charge on any atom is 0.142 e. The predicted molar refractivity (Wildman–Crippen MR) is 124 cm³/mol. The van der Waals surface area contributed by atoms with Crippen LogP contribution in [0, 0.1) is 5.41 Å². The number of imidazole rings is 1. The average Bonchev–Trinajstić information content (AvgIpc) is 3.13. The van der Waals surface area contributed by atoms with Gasteiger partial charge in [-0.2, -0.15) is 0 Å². The molecule has 2 N–H and O–H groups in total. The fraction of sp³-hybridized carbons (Fsp3) is 0.250. The van der Waals surface area contributed by atoms with Gasteiger partial charge in [0.15, 0.2) is 0 Å². The van der Waals surface area contributed by atoms with Gasteiger partial charge in [-0.25, -0.2) is 9.97 Å². The third kappa shape index (κ3) is 3.06. The fourth-order valence-corrected chi connectivity index (χ4v) is 5.29. The van der Waals surface area contributed by atoms with E-state index in [1.807, 2.05) is 24.3 Å². The summed E-state index contributed by atoms with van der Waals surface area (Å²) in [5.74, 6) is 0.800. The largest absolute Gasteiger partial charge is 0.507 e. The minimum Gasteiger partial charge on any atom is -0.507 e. The molecule has 156 valence electrons. The first-order valence-electron chi connectivity index (χ1n) is 10.4. The van der Waals surface area contributed by atoms with E-state index in [-0.39, 0.29) is 5.75 Å². The van der Waals surface area contributed by atoms with Crippen molar-refractivity contribution >= 4 is 28.3 Å². The number of aromatic hydroxyl groups is 1. The van der Waals surface area contributed by atoms with Crippen molar-refractivity contribution in [1.82, 2.24) is 19.9 Å². The van der Waals surface area contributed by atoms with Gasteiger partial charge in [0.05, 0.1) is 16.6 Å². The molecule has 2 aromatic carbocycles. The van der Waals surface area contributed by atoms with E-state index in [0.717, 1.165) is 35.2 Å². The summed E-state index contributed by atoms with van der Waals surface area (Å²) in [4.78, 5) is 17.1. The van der Waals surface area contributed by atoms with Crippen LogP contribution in [0.15, 0.2) is 54.7 Å². The predicted octanol–water partition coefficient (Wildman–Crippen LogP) is 4.40. The van der Waals surface area contributed by atoms with Gasteiger partial charge >= 0.3 is 0 Å². The minimum atomic E-state index is 0.168. The van der Waals surface area contributed by atoms with Crippen LogP contribution in [0.25, 0.3) is 33.5 Å². The lowest BCUT2D eigenvalue weighted by Crippen LogP contribution is -2.71. The molecule has 0 bridgehead atoms. The van der Waals surface area contributed by atoms with Crippen LogP contribution in [0.2, 0.25) is 5.15 Å². The Labute approximate surface area is 185 Å². The molecule has 31 heavy (non-hydrogen) atoms. The normalized spacial score (nSPS) is 17.7. The van der Waals surface area contributed by atoms with Crippen molar-refractivity contribution in [2.24, 2.45) is 5.41 Å². The average molecular weight is 432 g/mol. The lowest BCUT2D eigenvalue weighted by molar-refractivity contribution is -0.00237. The number of aromatic nitrogens is 3. The molecule has 4 heterocycles. The van der Waals surface area contributed by atoms with E-state index >= 15 is 0 Å². The number of H-pyrrole nitrogens is 1. The highest BCUT2D eigenvalue weighted by Crippen LogP contribution is 2.42. The second-order valence-corrected chi connectivity index (χ2v) is 9.25. The Morgan fingerprint density at radius 1 is 1.03 bits per heavy atom. The van der Waals surface area contributed by atoms with E-state index in [1.54, 1.807) is 12.3 Å². The zero-order valence-corrected chi connectivity index (χ0v) is 17.9. The van der Waals surface area contributed by atoms with Gasteiger partial charge in [0.2, 0.25) is 0 Å². The first kappa shape index (κ1) is 18.7. The Balaban J connectivity index is 1.32. The molecular weight excluding hydrogens is 410 g/mol. The smallest absolute Gasteiger partial charge is 0.142 e. The standard InChI is InChI=1S/C24H22ClN5O/c1-29-11-24(12-29)13-30(14-24)16-5-6-19-20(10-16)28-23(27-19)18-9-15(4-7-21(18)31)17-3-2-8-26-22(17)25/h2-10,31H,11-14H2,1H3,(H,27,28). The van der Waals surface area contributed by atoms with Crippen LogP contribution in [-0.4, -0.2) is 58.2 Å². The van der Waals surface area contributed by atoms with Crippen LogP contribution in [0.4, 0.5) is 5.69 Å². The van der Waals surface area contributed by atoms with Crippen molar-refractivity contribution in [3.63, 3.8) is 0 Å². The van der Waals surface area contributed by atoms with Gasteiger partial charge in [0, 0.05) is 49.0 Å². The summed E-state index contributed by atoms with van der Waals surface area (Å²) in [6, 6.07) is 15.5. The Bertz CT molecular complexity index is 1300. The van der Waals surface area contributed by atoms with E-state index in [2.05, 4.69) is 45.0 Å². The molecule has 7 heteroatoms. The summed E-state index contributed by atoms with van der Waals surface area (Å²) in [5.41, 5.74) is 5.85. The molecule has 0 radical (unpaired) electrons. The van der Waals surface area contributed by atoms with Crippen molar-refractivity contribution < 1.29 is 5.11 Å². The van der Waals surface area contributed by atoms with E-state index in [4.69, 9.17) is 16.6 Å². The van der Waals surface area contributed by atoms with Crippen LogP contribution in [0.3, 0.4) is 0 Å². The van der Waals surface area contributed by atoms with Crippen LogP contribution in [-0.2, 0) is 0 Å². The zero-order valence-electron chi connectivity index (χ0n) is 17.1. The van der Waals surface area contributed by atoms with E-state index in [9.17, 15) is 5.11 Å². The van der Waals surface area contributed by atoms with Crippen molar-refractivity contribution in [2.45, 2.75) is 0 Å². The van der Waals surface area contributed by atoms with Crippen molar-refractivity contribution in [2.75, 3.05) is 38.1 Å². The molecule has 0 amide bonds. The molecule has 6 nitrogen and oxygen atoms in total. The van der Waals surface area contributed by atoms with Gasteiger partial charge in [0.25, 0.3) is 0 Å². The minimum absolute atomic E-state index is 0.168. The lowest BCUT2D eigenvalue weighted by atomic mass is 9.73. The highest BCUT2D eigenvalue weighted by atomic mass is 35.5. The van der Waals surface area contributed by atoms with Gasteiger partial charge in [-0.05, 0) is 55.1 Å². The van der Waals surface area contributed by atoms with Crippen LogP contribution >= 0.6 is 11.6 Å². The van der Waals surface area contributed by atoms with Gasteiger partial charge in [0.1, 0.15) is 16.7 Å². The number of benzene rings is 2. The number of anilines is 1. The topological polar surface area (TPSA) is 68.3 Å². The highest BCUT2D eigenvalue weighted by molar-refractivity contribution is 6.32.